The van der Waals surface area contributed by atoms with Crippen LogP contribution in [0.2, 0.25) is 0 Å². The summed E-state index contributed by atoms with van der Waals surface area (Å²) in [6, 6.07) is 9.39. The van der Waals surface area contributed by atoms with Crippen molar-refractivity contribution >= 4 is 17.6 Å². The van der Waals surface area contributed by atoms with E-state index in [0.717, 1.165) is 31.0 Å². The van der Waals surface area contributed by atoms with E-state index < -0.39 is 11.7 Å². The molecule has 0 radical (unpaired) electrons. The molecule has 0 amide bonds. The second-order valence-corrected chi connectivity index (χ2v) is 9.92. The number of aromatic nitrogens is 3. The van der Waals surface area contributed by atoms with Crippen molar-refractivity contribution in [2.45, 2.75) is 51.9 Å². The number of piperazine rings is 1. The standard InChI is InChI=1S/C27H30F4N6/c1-17-14-20(8-9-22(17)28)23-15-24(34-26(33-23)37-11-5-6-18(37)2)36-13-12-35(16-19(36)3)25-21(27(29,30)31)7-4-10-32-25/h4,7-10,14-15,18-19H,5-6,11-13,16H2,1-3H3/t18?,19-/m1/s1. The van der Waals surface area contributed by atoms with Crippen molar-refractivity contribution in [2.24, 2.45) is 0 Å². The van der Waals surface area contributed by atoms with E-state index in [2.05, 4.69) is 21.7 Å². The first-order chi connectivity index (χ1) is 17.6. The fourth-order valence-corrected chi connectivity index (χ4v) is 5.24. The van der Waals surface area contributed by atoms with Gasteiger partial charge in [-0.15, -0.1) is 0 Å². The number of pyridine rings is 1. The lowest BCUT2D eigenvalue weighted by molar-refractivity contribution is -0.137. The summed E-state index contributed by atoms with van der Waals surface area (Å²) in [5.74, 6) is 1.02. The smallest absolute Gasteiger partial charge is 0.352 e. The number of aryl methyl sites for hydroxylation is 1. The van der Waals surface area contributed by atoms with Crippen molar-refractivity contribution in [3.05, 3.63) is 59.5 Å². The van der Waals surface area contributed by atoms with Gasteiger partial charge in [-0.05, 0) is 69.5 Å². The Bertz CT molecular complexity index is 1280. The summed E-state index contributed by atoms with van der Waals surface area (Å²) >= 11 is 0. The first-order valence-corrected chi connectivity index (χ1v) is 12.6. The summed E-state index contributed by atoms with van der Waals surface area (Å²) in [6.45, 7) is 7.91. The van der Waals surface area contributed by atoms with Crippen LogP contribution in [0.15, 0.2) is 42.6 Å². The Labute approximate surface area is 214 Å². The maximum Gasteiger partial charge on any atom is 0.419 e. The molecule has 0 N–H and O–H groups in total. The Morgan fingerprint density at radius 1 is 0.946 bits per heavy atom. The quantitative estimate of drug-likeness (QED) is 0.416. The van der Waals surface area contributed by atoms with Crippen LogP contribution in [0.5, 0.6) is 0 Å². The molecule has 2 aromatic heterocycles. The molecule has 2 atom stereocenters. The van der Waals surface area contributed by atoms with E-state index >= 15 is 0 Å². The van der Waals surface area contributed by atoms with Gasteiger partial charge in [-0.25, -0.2) is 14.4 Å². The minimum Gasteiger partial charge on any atom is -0.352 e. The molecule has 2 fully saturated rings. The minimum atomic E-state index is -4.47. The van der Waals surface area contributed by atoms with Crippen LogP contribution < -0.4 is 14.7 Å². The van der Waals surface area contributed by atoms with E-state index in [-0.39, 0.29) is 17.7 Å². The van der Waals surface area contributed by atoms with E-state index in [4.69, 9.17) is 9.97 Å². The van der Waals surface area contributed by atoms with Crippen LogP contribution in [0.25, 0.3) is 11.3 Å². The topological polar surface area (TPSA) is 48.4 Å². The summed E-state index contributed by atoms with van der Waals surface area (Å²) in [7, 11) is 0. The second-order valence-electron chi connectivity index (χ2n) is 9.92. The zero-order valence-corrected chi connectivity index (χ0v) is 21.1. The highest BCUT2D eigenvalue weighted by Crippen LogP contribution is 2.37. The van der Waals surface area contributed by atoms with Crippen molar-refractivity contribution in [2.75, 3.05) is 40.9 Å². The molecule has 196 valence electrons. The van der Waals surface area contributed by atoms with Crippen LogP contribution in [-0.4, -0.2) is 53.2 Å². The van der Waals surface area contributed by atoms with Gasteiger partial charge in [-0.1, -0.05) is 0 Å². The molecule has 0 spiro atoms. The molecule has 2 aliphatic heterocycles. The highest BCUT2D eigenvalue weighted by Gasteiger charge is 2.37. The van der Waals surface area contributed by atoms with E-state index in [1.165, 1.54) is 18.3 Å². The van der Waals surface area contributed by atoms with Crippen LogP contribution in [0.4, 0.5) is 35.1 Å². The Kier molecular flexibility index (Phi) is 6.68. The van der Waals surface area contributed by atoms with Crippen LogP contribution in [0.1, 0.15) is 37.8 Å². The van der Waals surface area contributed by atoms with Gasteiger partial charge >= 0.3 is 6.18 Å². The van der Waals surface area contributed by atoms with E-state index in [9.17, 15) is 17.6 Å². The maximum absolute atomic E-state index is 14.0. The second kappa shape index (κ2) is 9.79. The summed E-state index contributed by atoms with van der Waals surface area (Å²) in [4.78, 5) is 19.8. The molecule has 6 nitrogen and oxygen atoms in total. The van der Waals surface area contributed by atoms with Crippen molar-refractivity contribution in [3.63, 3.8) is 0 Å². The number of halogens is 4. The normalized spacial score (nSPS) is 20.6. The van der Waals surface area contributed by atoms with Crippen molar-refractivity contribution < 1.29 is 17.6 Å². The molecule has 0 aliphatic carbocycles. The number of hydrogen-bond donors (Lipinski definition) is 0. The minimum absolute atomic E-state index is 0.0433. The number of rotatable bonds is 4. The fourth-order valence-electron chi connectivity index (χ4n) is 5.24. The highest BCUT2D eigenvalue weighted by molar-refractivity contribution is 5.66. The van der Waals surface area contributed by atoms with Crippen LogP contribution in [-0.2, 0) is 6.18 Å². The molecule has 0 saturated carbocycles. The predicted molar refractivity (Wildman–Crippen MR) is 136 cm³/mol. The molecule has 2 aliphatic rings. The summed E-state index contributed by atoms with van der Waals surface area (Å²) in [6.07, 6.45) is -0.966. The van der Waals surface area contributed by atoms with Crippen molar-refractivity contribution in [1.29, 1.82) is 0 Å². The number of anilines is 3. The Morgan fingerprint density at radius 3 is 2.43 bits per heavy atom. The van der Waals surface area contributed by atoms with E-state index in [1.807, 2.05) is 13.0 Å². The Hall–Kier alpha value is -3.43. The Morgan fingerprint density at radius 2 is 1.76 bits per heavy atom. The van der Waals surface area contributed by atoms with Crippen molar-refractivity contribution in [3.8, 4) is 11.3 Å². The van der Waals surface area contributed by atoms with Gasteiger partial charge in [0.15, 0.2) is 0 Å². The third kappa shape index (κ3) is 5.06. The zero-order chi connectivity index (χ0) is 26.3. The average Bonchev–Trinajstić information content (AvgIpc) is 3.30. The van der Waals surface area contributed by atoms with Gasteiger partial charge in [0.25, 0.3) is 0 Å². The third-order valence-electron chi connectivity index (χ3n) is 7.28. The van der Waals surface area contributed by atoms with Gasteiger partial charge < -0.3 is 14.7 Å². The predicted octanol–water partition coefficient (Wildman–Crippen LogP) is 5.71. The molecule has 5 rings (SSSR count). The molecule has 37 heavy (non-hydrogen) atoms. The SMILES string of the molecule is Cc1cc(-c2cc(N3CCN(c4ncccc4C(F)(F)F)C[C@H]3C)nc(N3CCCC3C)n2)ccc1F. The molecular formula is C27H30F4N6. The largest absolute Gasteiger partial charge is 0.419 e. The lowest BCUT2D eigenvalue weighted by Gasteiger charge is -2.42. The average molecular weight is 515 g/mol. The molecule has 4 heterocycles. The monoisotopic (exact) mass is 514 g/mol. The van der Waals surface area contributed by atoms with Gasteiger partial charge in [0.2, 0.25) is 5.95 Å². The van der Waals surface area contributed by atoms with Gasteiger partial charge in [0.05, 0.1) is 11.3 Å². The molecule has 0 bridgehead atoms. The zero-order valence-electron chi connectivity index (χ0n) is 21.1. The number of nitrogens with zero attached hydrogens (tertiary/aromatic N) is 6. The van der Waals surface area contributed by atoms with Gasteiger partial charge in [-0.2, -0.15) is 18.2 Å². The molecular weight excluding hydrogens is 484 g/mol. The third-order valence-corrected chi connectivity index (χ3v) is 7.28. The first-order valence-electron chi connectivity index (χ1n) is 12.6. The van der Waals surface area contributed by atoms with Crippen LogP contribution in [0, 0.1) is 12.7 Å². The molecule has 2 saturated heterocycles. The molecule has 10 heteroatoms. The van der Waals surface area contributed by atoms with Gasteiger partial charge in [0.1, 0.15) is 17.5 Å². The van der Waals surface area contributed by atoms with E-state index in [1.54, 1.807) is 24.0 Å². The molecule has 1 unspecified atom stereocenters. The van der Waals surface area contributed by atoms with Crippen LogP contribution >= 0.6 is 0 Å². The van der Waals surface area contributed by atoms with Crippen LogP contribution in [0.3, 0.4) is 0 Å². The van der Waals surface area contributed by atoms with E-state index in [0.29, 0.717) is 48.7 Å². The fraction of sp³-hybridized carbons (Fsp3) is 0.444. The van der Waals surface area contributed by atoms with Crippen molar-refractivity contribution in [1.82, 2.24) is 15.0 Å². The summed E-state index contributed by atoms with van der Waals surface area (Å²) in [5.41, 5.74) is 1.30. The van der Waals surface area contributed by atoms with Gasteiger partial charge in [-0.3, -0.25) is 0 Å². The first kappa shape index (κ1) is 25.2. The lowest BCUT2D eigenvalue weighted by atomic mass is 10.1. The number of benzene rings is 1. The summed E-state index contributed by atoms with van der Waals surface area (Å²) in [5, 5.41) is 0. The molecule has 1 aromatic carbocycles. The lowest BCUT2D eigenvalue weighted by Crippen LogP contribution is -2.53. The maximum atomic E-state index is 14.0. The summed E-state index contributed by atoms with van der Waals surface area (Å²) < 4.78 is 54.8. The number of alkyl halides is 3. The number of hydrogen-bond acceptors (Lipinski definition) is 6. The molecule has 3 aromatic rings. The highest BCUT2D eigenvalue weighted by atomic mass is 19.4. The Balaban J connectivity index is 1.48. The van der Waals surface area contributed by atoms with Gasteiger partial charge in [0, 0.05) is 56.1 Å².